The number of hydrogen-bond donors (Lipinski definition) is 1. The summed E-state index contributed by atoms with van der Waals surface area (Å²) >= 11 is 0. The van der Waals surface area contributed by atoms with Gasteiger partial charge in [-0.3, -0.25) is 14.9 Å². The van der Waals surface area contributed by atoms with Crippen molar-refractivity contribution in [2.45, 2.75) is 26.4 Å². The van der Waals surface area contributed by atoms with E-state index >= 15 is 0 Å². The van der Waals surface area contributed by atoms with Gasteiger partial charge in [0.2, 0.25) is 5.91 Å². The number of hydrogen-bond acceptors (Lipinski definition) is 4. The lowest BCUT2D eigenvalue weighted by atomic mass is 10.2. The minimum atomic E-state index is -0.539. The van der Waals surface area contributed by atoms with Crippen LogP contribution >= 0.6 is 0 Å². The first-order valence-electron chi connectivity index (χ1n) is 5.73. The summed E-state index contributed by atoms with van der Waals surface area (Å²) in [5.41, 5.74) is 6.44. The maximum absolute atomic E-state index is 11.7. The molecule has 1 amide bonds. The van der Waals surface area contributed by atoms with Gasteiger partial charge < -0.3 is 10.6 Å². The molecule has 98 valence electrons. The highest BCUT2D eigenvalue weighted by Crippen LogP contribution is 2.13. The molecule has 0 heterocycles. The summed E-state index contributed by atoms with van der Waals surface area (Å²) in [6, 6.07) is 5.62. The van der Waals surface area contributed by atoms with E-state index in [0.717, 1.165) is 5.56 Å². The zero-order valence-electron chi connectivity index (χ0n) is 10.5. The third-order valence-electron chi connectivity index (χ3n) is 2.60. The van der Waals surface area contributed by atoms with E-state index in [4.69, 9.17) is 5.73 Å². The molecule has 0 spiro atoms. The molecular weight excluding hydrogens is 234 g/mol. The van der Waals surface area contributed by atoms with E-state index < -0.39 is 11.0 Å². The maximum atomic E-state index is 11.7. The van der Waals surface area contributed by atoms with E-state index in [0.29, 0.717) is 13.1 Å². The van der Waals surface area contributed by atoms with Crippen molar-refractivity contribution in [1.29, 1.82) is 0 Å². The first-order valence-corrected chi connectivity index (χ1v) is 5.73. The van der Waals surface area contributed by atoms with Crippen LogP contribution in [0.4, 0.5) is 5.69 Å². The monoisotopic (exact) mass is 251 g/mol. The Kier molecular flexibility index (Phi) is 4.79. The molecule has 6 heteroatoms. The maximum Gasteiger partial charge on any atom is 0.269 e. The third-order valence-corrected chi connectivity index (χ3v) is 2.60. The highest BCUT2D eigenvalue weighted by Gasteiger charge is 2.16. The molecular formula is C12H17N3O3. The number of likely N-dealkylation sites (N-methyl/N-ethyl adjacent to an activating group) is 1. The Labute approximate surface area is 106 Å². The van der Waals surface area contributed by atoms with Crippen molar-refractivity contribution < 1.29 is 9.72 Å². The average Bonchev–Trinajstić information content (AvgIpc) is 2.35. The van der Waals surface area contributed by atoms with Crippen molar-refractivity contribution in [1.82, 2.24) is 4.90 Å². The molecule has 1 unspecified atom stereocenters. The predicted octanol–water partition coefficient (Wildman–Crippen LogP) is 1.29. The molecule has 0 aliphatic heterocycles. The molecule has 0 aromatic heterocycles. The topological polar surface area (TPSA) is 89.5 Å². The van der Waals surface area contributed by atoms with E-state index in [1.807, 2.05) is 6.92 Å². The van der Waals surface area contributed by atoms with Crippen molar-refractivity contribution in [2.24, 2.45) is 5.73 Å². The van der Waals surface area contributed by atoms with Crippen molar-refractivity contribution in [2.75, 3.05) is 6.54 Å². The summed E-state index contributed by atoms with van der Waals surface area (Å²) in [5, 5.41) is 10.5. The van der Waals surface area contributed by atoms with Gasteiger partial charge in [-0.25, -0.2) is 0 Å². The molecule has 1 aromatic carbocycles. The van der Waals surface area contributed by atoms with Crippen LogP contribution in [-0.2, 0) is 11.3 Å². The highest BCUT2D eigenvalue weighted by molar-refractivity contribution is 5.81. The fourth-order valence-corrected chi connectivity index (χ4v) is 1.58. The molecule has 0 fully saturated rings. The zero-order chi connectivity index (χ0) is 13.7. The summed E-state index contributed by atoms with van der Waals surface area (Å²) in [5.74, 6) is -0.129. The van der Waals surface area contributed by atoms with Crippen LogP contribution in [0.15, 0.2) is 24.3 Å². The van der Waals surface area contributed by atoms with Gasteiger partial charge in [0, 0.05) is 25.2 Å². The van der Waals surface area contributed by atoms with Gasteiger partial charge in [-0.2, -0.15) is 0 Å². The van der Waals surface area contributed by atoms with Gasteiger partial charge >= 0.3 is 0 Å². The number of nitrogens with zero attached hydrogens (tertiary/aromatic N) is 2. The van der Waals surface area contributed by atoms with Gasteiger partial charge in [0.25, 0.3) is 5.69 Å². The molecule has 0 aliphatic carbocycles. The number of benzene rings is 1. The van der Waals surface area contributed by atoms with Crippen molar-refractivity contribution in [3.05, 3.63) is 39.9 Å². The number of amides is 1. The van der Waals surface area contributed by atoms with Crippen molar-refractivity contribution in [3.63, 3.8) is 0 Å². The van der Waals surface area contributed by atoms with Crippen LogP contribution in [0.5, 0.6) is 0 Å². The predicted molar refractivity (Wildman–Crippen MR) is 67.8 cm³/mol. The van der Waals surface area contributed by atoms with Gasteiger partial charge in [0.1, 0.15) is 0 Å². The molecule has 1 aromatic rings. The van der Waals surface area contributed by atoms with Crippen LogP contribution in [0, 0.1) is 10.1 Å². The minimum absolute atomic E-state index is 0.0420. The first-order chi connectivity index (χ1) is 8.45. The smallest absolute Gasteiger partial charge is 0.269 e. The van der Waals surface area contributed by atoms with Crippen LogP contribution in [0.1, 0.15) is 19.4 Å². The van der Waals surface area contributed by atoms with E-state index in [9.17, 15) is 14.9 Å². The molecule has 0 radical (unpaired) electrons. The molecule has 0 bridgehead atoms. The number of non-ortho nitro benzene ring substituents is 1. The fraction of sp³-hybridized carbons (Fsp3) is 0.417. The Morgan fingerprint density at radius 2 is 2.00 bits per heavy atom. The quantitative estimate of drug-likeness (QED) is 0.630. The summed E-state index contributed by atoms with van der Waals surface area (Å²) < 4.78 is 0. The van der Waals surface area contributed by atoms with Crippen LogP contribution in [0.25, 0.3) is 0 Å². The van der Waals surface area contributed by atoms with E-state index in [1.54, 1.807) is 24.0 Å². The van der Waals surface area contributed by atoms with Gasteiger partial charge in [0.15, 0.2) is 0 Å². The normalized spacial score (nSPS) is 11.9. The lowest BCUT2D eigenvalue weighted by Crippen LogP contribution is -2.41. The summed E-state index contributed by atoms with van der Waals surface area (Å²) in [7, 11) is 0. The summed E-state index contributed by atoms with van der Waals surface area (Å²) in [6.45, 7) is 4.47. The first kappa shape index (κ1) is 14.1. The van der Waals surface area contributed by atoms with Crippen molar-refractivity contribution >= 4 is 11.6 Å². The Balaban J connectivity index is 2.76. The average molecular weight is 251 g/mol. The van der Waals surface area contributed by atoms with Gasteiger partial charge in [-0.05, 0) is 19.4 Å². The third kappa shape index (κ3) is 3.53. The molecule has 1 rings (SSSR count). The van der Waals surface area contributed by atoms with Crippen LogP contribution in [-0.4, -0.2) is 28.3 Å². The minimum Gasteiger partial charge on any atom is -0.337 e. The summed E-state index contributed by atoms with van der Waals surface area (Å²) in [4.78, 5) is 23.4. The van der Waals surface area contributed by atoms with Crippen LogP contribution in [0.3, 0.4) is 0 Å². The number of nitrogens with two attached hydrogens (primary N) is 1. The highest BCUT2D eigenvalue weighted by atomic mass is 16.6. The van der Waals surface area contributed by atoms with Crippen LogP contribution in [0.2, 0.25) is 0 Å². The SMILES string of the molecule is CCN(Cc1ccc([N+](=O)[O-])cc1)C(=O)C(C)N. The number of carbonyl (C=O) groups excluding carboxylic acids is 1. The second-order valence-corrected chi connectivity index (χ2v) is 4.06. The fourth-order valence-electron chi connectivity index (χ4n) is 1.58. The largest absolute Gasteiger partial charge is 0.337 e. The molecule has 2 N–H and O–H groups in total. The lowest BCUT2D eigenvalue weighted by molar-refractivity contribution is -0.384. The van der Waals surface area contributed by atoms with Crippen molar-refractivity contribution in [3.8, 4) is 0 Å². The second kappa shape index (κ2) is 6.11. The molecule has 18 heavy (non-hydrogen) atoms. The Hall–Kier alpha value is -1.95. The molecule has 0 saturated carbocycles. The van der Waals surface area contributed by atoms with Crippen LogP contribution < -0.4 is 5.73 Å². The molecule has 0 saturated heterocycles. The number of nitro groups is 1. The van der Waals surface area contributed by atoms with Gasteiger partial charge in [-0.1, -0.05) is 12.1 Å². The number of rotatable bonds is 5. The lowest BCUT2D eigenvalue weighted by Gasteiger charge is -2.22. The van der Waals surface area contributed by atoms with Gasteiger partial charge in [0.05, 0.1) is 11.0 Å². The Morgan fingerprint density at radius 3 is 2.39 bits per heavy atom. The van der Waals surface area contributed by atoms with E-state index in [2.05, 4.69) is 0 Å². The number of carbonyl (C=O) groups is 1. The number of nitro benzene ring substituents is 1. The van der Waals surface area contributed by atoms with Gasteiger partial charge in [-0.15, -0.1) is 0 Å². The van der Waals surface area contributed by atoms with E-state index in [-0.39, 0.29) is 11.6 Å². The molecule has 0 aliphatic rings. The molecule has 6 nitrogen and oxygen atoms in total. The second-order valence-electron chi connectivity index (χ2n) is 4.06. The Bertz CT molecular complexity index is 429. The van der Waals surface area contributed by atoms with E-state index in [1.165, 1.54) is 12.1 Å². The zero-order valence-corrected chi connectivity index (χ0v) is 10.5. The Morgan fingerprint density at radius 1 is 1.44 bits per heavy atom. The standard InChI is InChI=1S/C12H17N3O3/c1-3-14(12(16)9(2)13)8-10-4-6-11(7-5-10)15(17)18/h4-7,9H,3,8,13H2,1-2H3. The summed E-state index contributed by atoms with van der Waals surface area (Å²) in [6.07, 6.45) is 0. The molecule has 1 atom stereocenters.